The van der Waals surface area contributed by atoms with E-state index >= 15 is 0 Å². The Balaban J connectivity index is 1.56. The SMILES string of the molecule is O=C(NCCCCN1C[CH]CC1)c1ccccc1. The lowest BCUT2D eigenvalue weighted by Gasteiger charge is -2.13. The monoisotopic (exact) mass is 245 g/mol. The Labute approximate surface area is 109 Å². The van der Waals surface area contributed by atoms with E-state index in [1.807, 2.05) is 30.3 Å². The molecule has 1 aromatic rings. The minimum absolute atomic E-state index is 0.0325. The molecule has 1 amide bonds. The Morgan fingerprint density at radius 3 is 2.78 bits per heavy atom. The van der Waals surface area contributed by atoms with Crippen molar-refractivity contribution >= 4 is 5.91 Å². The van der Waals surface area contributed by atoms with Crippen molar-refractivity contribution < 1.29 is 4.79 Å². The molecule has 1 radical (unpaired) electrons. The number of carbonyl (C=O) groups is 1. The van der Waals surface area contributed by atoms with Gasteiger partial charge in [0.1, 0.15) is 0 Å². The molecule has 0 saturated carbocycles. The van der Waals surface area contributed by atoms with Crippen molar-refractivity contribution in [3.8, 4) is 0 Å². The molecule has 1 aromatic carbocycles. The predicted octanol–water partition coefficient (Wildman–Crippen LogP) is 2.11. The smallest absolute Gasteiger partial charge is 0.251 e. The van der Waals surface area contributed by atoms with Gasteiger partial charge in [-0.3, -0.25) is 4.79 Å². The summed E-state index contributed by atoms with van der Waals surface area (Å²) in [5.74, 6) is 0.0325. The van der Waals surface area contributed by atoms with Crippen molar-refractivity contribution in [3.05, 3.63) is 42.3 Å². The Morgan fingerprint density at radius 2 is 2.06 bits per heavy atom. The molecule has 0 unspecified atom stereocenters. The molecule has 1 aliphatic heterocycles. The molecule has 18 heavy (non-hydrogen) atoms. The number of hydrogen-bond acceptors (Lipinski definition) is 2. The van der Waals surface area contributed by atoms with Gasteiger partial charge in [0.2, 0.25) is 0 Å². The number of nitrogens with zero attached hydrogens (tertiary/aromatic N) is 1. The lowest BCUT2D eigenvalue weighted by Crippen LogP contribution is -2.26. The number of rotatable bonds is 6. The summed E-state index contributed by atoms with van der Waals surface area (Å²) in [6.45, 7) is 4.26. The van der Waals surface area contributed by atoms with E-state index in [9.17, 15) is 4.79 Å². The van der Waals surface area contributed by atoms with E-state index in [1.165, 1.54) is 13.0 Å². The molecule has 1 saturated heterocycles. The highest BCUT2D eigenvalue weighted by atomic mass is 16.1. The molecule has 2 rings (SSSR count). The van der Waals surface area contributed by atoms with Crippen molar-refractivity contribution in [3.63, 3.8) is 0 Å². The van der Waals surface area contributed by atoms with Crippen LogP contribution in [0.4, 0.5) is 0 Å². The summed E-state index contributed by atoms with van der Waals surface area (Å²) in [5, 5.41) is 2.96. The van der Waals surface area contributed by atoms with Crippen LogP contribution in [0.1, 0.15) is 29.6 Å². The molecular formula is C15H21N2O. The second-order valence-corrected chi connectivity index (χ2v) is 4.71. The zero-order valence-corrected chi connectivity index (χ0v) is 10.8. The molecule has 0 aliphatic carbocycles. The van der Waals surface area contributed by atoms with Crippen LogP contribution in [0, 0.1) is 6.42 Å². The van der Waals surface area contributed by atoms with Gasteiger partial charge in [0, 0.05) is 18.7 Å². The maximum Gasteiger partial charge on any atom is 0.251 e. The first-order chi connectivity index (χ1) is 8.86. The van der Waals surface area contributed by atoms with Crippen molar-refractivity contribution in [2.24, 2.45) is 0 Å². The summed E-state index contributed by atoms with van der Waals surface area (Å²) in [6.07, 6.45) is 5.76. The fraction of sp³-hybridized carbons (Fsp3) is 0.467. The Bertz CT molecular complexity index is 358. The summed E-state index contributed by atoms with van der Waals surface area (Å²) >= 11 is 0. The van der Waals surface area contributed by atoms with Crippen LogP contribution in [0.3, 0.4) is 0 Å². The largest absolute Gasteiger partial charge is 0.352 e. The normalized spacial score (nSPS) is 15.8. The van der Waals surface area contributed by atoms with Crippen LogP contribution in [-0.4, -0.2) is 37.0 Å². The van der Waals surface area contributed by atoms with E-state index in [2.05, 4.69) is 16.6 Å². The minimum atomic E-state index is 0.0325. The van der Waals surface area contributed by atoms with Crippen LogP contribution >= 0.6 is 0 Å². The third-order valence-corrected chi connectivity index (χ3v) is 3.26. The van der Waals surface area contributed by atoms with Crippen LogP contribution in [0.2, 0.25) is 0 Å². The van der Waals surface area contributed by atoms with E-state index in [0.717, 1.165) is 38.0 Å². The van der Waals surface area contributed by atoms with Gasteiger partial charge in [-0.15, -0.1) is 0 Å². The van der Waals surface area contributed by atoms with Crippen LogP contribution in [0.15, 0.2) is 30.3 Å². The molecule has 3 nitrogen and oxygen atoms in total. The molecule has 0 aromatic heterocycles. The quantitative estimate of drug-likeness (QED) is 0.778. The molecular weight excluding hydrogens is 224 g/mol. The van der Waals surface area contributed by atoms with Gasteiger partial charge in [-0.25, -0.2) is 0 Å². The fourth-order valence-electron chi connectivity index (χ4n) is 2.20. The Morgan fingerprint density at radius 1 is 1.22 bits per heavy atom. The predicted molar refractivity (Wildman–Crippen MR) is 73.4 cm³/mol. The average Bonchev–Trinajstić information content (AvgIpc) is 2.92. The van der Waals surface area contributed by atoms with Gasteiger partial charge >= 0.3 is 0 Å². The zero-order chi connectivity index (χ0) is 12.6. The summed E-state index contributed by atoms with van der Waals surface area (Å²) in [7, 11) is 0. The number of nitrogens with one attached hydrogen (secondary N) is 1. The van der Waals surface area contributed by atoms with Gasteiger partial charge in [0.15, 0.2) is 0 Å². The minimum Gasteiger partial charge on any atom is -0.352 e. The van der Waals surface area contributed by atoms with Gasteiger partial charge in [0.25, 0.3) is 5.91 Å². The van der Waals surface area contributed by atoms with Gasteiger partial charge in [-0.2, -0.15) is 0 Å². The first-order valence-electron chi connectivity index (χ1n) is 6.73. The van der Waals surface area contributed by atoms with E-state index in [-0.39, 0.29) is 5.91 Å². The highest BCUT2D eigenvalue weighted by molar-refractivity contribution is 5.94. The third kappa shape index (κ3) is 4.15. The second-order valence-electron chi connectivity index (χ2n) is 4.71. The average molecular weight is 245 g/mol. The molecule has 1 aliphatic rings. The van der Waals surface area contributed by atoms with E-state index in [1.54, 1.807) is 0 Å². The number of unbranched alkanes of at least 4 members (excludes halogenated alkanes) is 1. The first-order valence-corrected chi connectivity index (χ1v) is 6.73. The number of amides is 1. The van der Waals surface area contributed by atoms with E-state index < -0.39 is 0 Å². The van der Waals surface area contributed by atoms with E-state index in [4.69, 9.17) is 0 Å². The van der Waals surface area contributed by atoms with Crippen molar-refractivity contribution in [1.82, 2.24) is 10.2 Å². The maximum atomic E-state index is 11.7. The lowest BCUT2D eigenvalue weighted by molar-refractivity contribution is 0.0952. The topological polar surface area (TPSA) is 32.3 Å². The Kier molecular flexibility index (Phi) is 5.21. The van der Waals surface area contributed by atoms with Crippen LogP contribution in [0.5, 0.6) is 0 Å². The summed E-state index contributed by atoms with van der Waals surface area (Å²) in [5.41, 5.74) is 0.742. The highest BCUT2D eigenvalue weighted by Gasteiger charge is 2.10. The van der Waals surface area contributed by atoms with Gasteiger partial charge in [-0.05, 0) is 50.9 Å². The number of hydrogen-bond donors (Lipinski definition) is 1. The lowest BCUT2D eigenvalue weighted by atomic mass is 10.2. The van der Waals surface area contributed by atoms with E-state index in [0.29, 0.717) is 0 Å². The number of benzene rings is 1. The van der Waals surface area contributed by atoms with Crippen molar-refractivity contribution in [2.45, 2.75) is 19.3 Å². The summed E-state index contributed by atoms with van der Waals surface area (Å²) in [4.78, 5) is 14.2. The van der Waals surface area contributed by atoms with Crippen molar-refractivity contribution in [1.29, 1.82) is 0 Å². The molecule has 1 fully saturated rings. The highest BCUT2D eigenvalue weighted by Crippen LogP contribution is 2.07. The maximum absolute atomic E-state index is 11.7. The van der Waals surface area contributed by atoms with Crippen LogP contribution in [-0.2, 0) is 0 Å². The molecule has 0 bridgehead atoms. The molecule has 1 N–H and O–H groups in total. The molecule has 3 heteroatoms. The molecule has 0 atom stereocenters. The van der Waals surface area contributed by atoms with Gasteiger partial charge in [0.05, 0.1) is 0 Å². The zero-order valence-electron chi connectivity index (χ0n) is 10.8. The third-order valence-electron chi connectivity index (χ3n) is 3.26. The standard InChI is InChI=1S/C15H21N2O/c18-15(14-8-2-1-3-9-14)16-10-4-5-11-17-12-6-7-13-17/h1-3,6,8-9H,4-5,7,10-13H2,(H,16,18). The second kappa shape index (κ2) is 7.17. The molecule has 97 valence electrons. The number of carbonyl (C=O) groups excluding carboxylic acids is 1. The van der Waals surface area contributed by atoms with Gasteiger partial charge < -0.3 is 10.2 Å². The van der Waals surface area contributed by atoms with Gasteiger partial charge in [-0.1, -0.05) is 18.2 Å². The molecule has 0 spiro atoms. The molecule has 1 heterocycles. The van der Waals surface area contributed by atoms with Crippen LogP contribution in [0.25, 0.3) is 0 Å². The summed E-state index contributed by atoms with van der Waals surface area (Å²) in [6, 6.07) is 9.38. The fourth-order valence-corrected chi connectivity index (χ4v) is 2.20. The summed E-state index contributed by atoms with van der Waals surface area (Å²) < 4.78 is 0. The Hall–Kier alpha value is -1.35. The number of likely N-dealkylation sites (tertiary alicyclic amines) is 1. The van der Waals surface area contributed by atoms with Crippen LogP contribution < -0.4 is 5.32 Å². The first kappa shape index (κ1) is 13.1. The van der Waals surface area contributed by atoms with Crippen molar-refractivity contribution in [2.75, 3.05) is 26.2 Å².